The molecule has 0 saturated carbocycles. The number of hydrogen-bond donors (Lipinski definition) is 0. The van der Waals surface area contributed by atoms with Gasteiger partial charge in [-0.25, -0.2) is 4.98 Å². The van der Waals surface area contributed by atoms with Crippen molar-refractivity contribution in [2.75, 3.05) is 13.6 Å². The second-order valence-electron chi connectivity index (χ2n) is 5.99. The minimum absolute atomic E-state index is 0.194. The minimum Gasteiger partial charge on any atom is -0.345 e. The average molecular weight is 298 g/mol. The Morgan fingerprint density at radius 1 is 1.36 bits per heavy atom. The summed E-state index contributed by atoms with van der Waals surface area (Å²) in [7, 11) is 1.90. The number of amides is 1. The van der Waals surface area contributed by atoms with Crippen LogP contribution in [0.2, 0.25) is 0 Å². The lowest BCUT2D eigenvalue weighted by Crippen LogP contribution is -2.35. The van der Waals surface area contributed by atoms with Crippen LogP contribution in [0.3, 0.4) is 0 Å². The van der Waals surface area contributed by atoms with Gasteiger partial charge >= 0.3 is 0 Å². The Morgan fingerprint density at radius 2 is 2.27 bits per heavy atom. The van der Waals surface area contributed by atoms with E-state index in [0.29, 0.717) is 18.8 Å². The van der Waals surface area contributed by atoms with Crippen LogP contribution >= 0.6 is 0 Å². The first kappa shape index (κ1) is 14.8. The third-order valence-corrected chi connectivity index (χ3v) is 4.33. The molecule has 1 atom stereocenters. The lowest BCUT2D eigenvalue weighted by atomic mass is 9.97. The molecule has 1 unspecified atom stereocenters. The molecule has 0 saturated heterocycles. The number of carbonyl (C=O) groups excluding carboxylic acids is 1. The van der Waals surface area contributed by atoms with E-state index in [1.54, 1.807) is 6.20 Å². The van der Waals surface area contributed by atoms with E-state index in [-0.39, 0.29) is 5.91 Å². The summed E-state index contributed by atoms with van der Waals surface area (Å²) in [5, 5.41) is 0. The predicted octanol–water partition coefficient (Wildman–Crippen LogP) is 1.93. The molecular formula is C17H22N4O. The quantitative estimate of drug-likeness (QED) is 0.847. The van der Waals surface area contributed by atoms with Gasteiger partial charge in [0.1, 0.15) is 5.82 Å². The molecule has 0 spiro atoms. The second-order valence-corrected chi connectivity index (χ2v) is 5.99. The molecule has 5 heteroatoms. The van der Waals surface area contributed by atoms with Gasteiger partial charge in [0.2, 0.25) is 5.91 Å². The van der Waals surface area contributed by atoms with Gasteiger partial charge in [0.15, 0.2) is 0 Å². The highest BCUT2D eigenvalue weighted by Crippen LogP contribution is 2.20. The fourth-order valence-corrected chi connectivity index (χ4v) is 3.03. The van der Waals surface area contributed by atoms with Crippen LogP contribution < -0.4 is 0 Å². The van der Waals surface area contributed by atoms with E-state index in [0.717, 1.165) is 37.4 Å². The first-order valence-corrected chi connectivity index (χ1v) is 7.86. The molecule has 3 heterocycles. The van der Waals surface area contributed by atoms with Gasteiger partial charge in [-0.1, -0.05) is 6.07 Å². The predicted molar refractivity (Wildman–Crippen MR) is 84.2 cm³/mol. The fourth-order valence-electron chi connectivity index (χ4n) is 3.03. The van der Waals surface area contributed by atoms with Crippen LogP contribution in [-0.4, -0.2) is 38.9 Å². The molecule has 22 heavy (non-hydrogen) atoms. The molecular weight excluding hydrogens is 276 g/mol. The molecule has 0 aromatic carbocycles. The van der Waals surface area contributed by atoms with E-state index in [2.05, 4.69) is 14.5 Å². The van der Waals surface area contributed by atoms with Crippen LogP contribution in [0.25, 0.3) is 0 Å². The molecule has 0 radical (unpaired) electrons. The molecule has 3 rings (SSSR count). The number of nitrogens with zero attached hydrogens (tertiary/aromatic N) is 4. The van der Waals surface area contributed by atoms with Crippen molar-refractivity contribution in [2.24, 2.45) is 5.92 Å². The van der Waals surface area contributed by atoms with Crippen LogP contribution in [0.5, 0.6) is 0 Å². The topological polar surface area (TPSA) is 51.0 Å². The Balaban J connectivity index is 1.47. The van der Waals surface area contributed by atoms with Gasteiger partial charge in [0.25, 0.3) is 0 Å². The van der Waals surface area contributed by atoms with Crippen LogP contribution in [0.15, 0.2) is 36.8 Å². The number of aryl methyl sites for hydroxylation is 2. The zero-order valence-electron chi connectivity index (χ0n) is 13.0. The second kappa shape index (κ2) is 6.73. The lowest BCUT2D eigenvalue weighted by Gasteiger charge is -2.27. The zero-order valence-corrected chi connectivity index (χ0v) is 13.0. The molecule has 116 valence electrons. The fraction of sp³-hybridized carbons (Fsp3) is 0.471. The van der Waals surface area contributed by atoms with E-state index in [1.807, 2.05) is 42.5 Å². The monoisotopic (exact) mass is 298 g/mol. The molecule has 2 aromatic rings. The highest BCUT2D eigenvalue weighted by molar-refractivity contribution is 5.76. The number of rotatable bonds is 5. The van der Waals surface area contributed by atoms with Gasteiger partial charge in [0.05, 0.1) is 0 Å². The number of carbonyl (C=O) groups is 1. The van der Waals surface area contributed by atoms with Crippen molar-refractivity contribution in [1.29, 1.82) is 0 Å². The summed E-state index contributed by atoms with van der Waals surface area (Å²) in [6, 6.07) is 5.82. The minimum atomic E-state index is 0.194. The number of hydrogen-bond acceptors (Lipinski definition) is 3. The summed E-state index contributed by atoms with van der Waals surface area (Å²) in [6.07, 6.45) is 8.97. The molecule has 0 aliphatic carbocycles. The first-order chi connectivity index (χ1) is 10.7. The smallest absolute Gasteiger partial charge is 0.222 e. The number of fused-ring (bicyclic) bond motifs is 1. The third-order valence-electron chi connectivity index (χ3n) is 4.33. The molecule has 0 bridgehead atoms. The van der Waals surface area contributed by atoms with Crippen molar-refractivity contribution < 1.29 is 4.79 Å². The molecule has 0 fully saturated rings. The maximum Gasteiger partial charge on any atom is 0.222 e. The van der Waals surface area contributed by atoms with E-state index in [4.69, 9.17) is 0 Å². The molecule has 1 amide bonds. The Morgan fingerprint density at radius 3 is 3.09 bits per heavy atom. The van der Waals surface area contributed by atoms with Crippen LogP contribution in [0.1, 0.15) is 24.4 Å². The van der Waals surface area contributed by atoms with Crippen LogP contribution in [0, 0.1) is 5.92 Å². The molecule has 1 aliphatic heterocycles. The summed E-state index contributed by atoms with van der Waals surface area (Å²) in [4.78, 5) is 22.8. The Bertz CT molecular complexity index is 623. The normalized spacial score (nSPS) is 17.0. The summed E-state index contributed by atoms with van der Waals surface area (Å²) in [6.45, 7) is 1.82. The standard InChI is InChI=1S/C17H22N4O/c1-20(17(22)6-5-15-4-2-3-8-18-15)13-14-7-10-21-11-9-19-16(21)12-14/h2-4,8-9,11,14H,5-7,10,12-13H2,1H3. The van der Waals surface area contributed by atoms with E-state index < -0.39 is 0 Å². The van der Waals surface area contributed by atoms with Crippen molar-refractivity contribution in [3.63, 3.8) is 0 Å². The third kappa shape index (κ3) is 3.53. The highest BCUT2D eigenvalue weighted by Gasteiger charge is 2.22. The van der Waals surface area contributed by atoms with Crippen molar-refractivity contribution >= 4 is 5.91 Å². The average Bonchev–Trinajstić information content (AvgIpc) is 3.01. The van der Waals surface area contributed by atoms with E-state index in [1.165, 1.54) is 0 Å². The lowest BCUT2D eigenvalue weighted by molar-refractivity contribution is -0.130. The summed E-state index contributed by atoms with van der Waals surface area (Å²) in [5.74, 6) is 1.85. The van der Waals surface area contributed by atoms with Crippen molar-refractivity contribution in [3.8, 4) is 0 Å². The van der Waals surface area contributed by atoms with Crippen molar-refractivity contribution in [2.45, 2.75) is 32.2 Å². The van der Waals surface area contributed by atoms with Gasteiger partial charge in [-0.2, -0.15) is 0 Å². The largest absolute Gasteiger partial charge is 0.345 e. The molecule has 2 aromatic heterocycles. The van der Waals surface area contributed by atoms with Gasteiger partial charge in [-0.05, 0) is 30.9 Å². The Kier molecular flexibility index (Phi) is 4.51. The number of imidazole rings is 1. The summed E-state index contributed by atoms with van der Waals surface area (Å²) < 4.78 is 2.21. The van der Waals surface area contributed by atoms with Gasteiger partial charge < -0.3 is 9.47 Å². The Hall–Kier alpha value is -2.17. The molecule has 0 N–H and O–H groups in total. The summed E-state index contributed by atoms with van der Waals surface area (Å²) >= 11 is 0. The maximum atomic E-state index is 12.3. The molecule has 5 nitrogen and oxygen atoms in total. The van der Waals surface area contributed by atoms with E-state index >= 15 is 0 Å². The first-order valence-electron chi connectivity index (χ1n) is 7.86. The van der Waals surface area contributed by atoms with Gasteiger partial charge in [-0.3, -0.25) is 9.78 Å². The van der Waals surface area contributed by atoms with Crippen molar-refractivity contribution in [1.82, 2.24) is 19.4 Å². The number of pyridine rings is 1. The molecule has 1 aliphatic rings. The van der Waals surface area contributed by atoms with Crippen molar-refractivity contribution in [3.05, 3.63) is 48.3 Å². The number of aromatic nitrogens is 3. The Labute approximate surface area is 131 Å². The van der Waals surface area contributed by atoms with Crippen LogP contribution in [-0.2, 0) is 24.2 Å². The SMILES string of the molecule is CN(CC1CCn2ccnc2C1)C(=O)CCc1ccccn1. The van der Waals surface area contributed by atoms with Gasteiger partial charge in [0, 0.05) is 57.3 Å². The highest BCUT2D eigenvalue weighted by atomic mass is 16.2. The van der Waals surface area contributed by atoms with E-state index in [9.17, 15) is 4.79 Å². The summed E-state index contributed by atoms with van der Waals surface area (Å²) in [5.41, 5.74) is 0.976. The van der Waals surface area contributed by atoms with Crippen LogP contribution in [0.4, 0.5) is 0 Å². The maximum absolute atomic E-state index is 12.3. The van der Waals surface area contributed by atoms with Gasteiger partial charge in [-0.15, -0.1) is 0 Å². The zero-order chi connectivity index (χ0) is 15.4.